The molecule has 1 aliphatic carbocycles. The van der Waals surface area contributed by atoms with Crippen LogP contribution in [0.15, 0.2) is 40.2 Å². The Balaban J connectivity index is 1.24. The fraction of sp³-hybridized carbons (Fsp3) is 0.400. The van der Waals surface area contributed by atoms with E-state index in [-0.39, 0.29) is 23.9 Å². The maximum atomic E-state index is 12.4. The van der Waals surface area contributed by atoms with Crippen molar-refractivity contribution in [2.45, 2.75) is 31.2 Å². The molecule has 0 bridgehead atoms. The summed E-state index contributed by atoms with van der Waals surface area (Å²) in [5.41, 5.74) is 2.51. The zero-order chi connectivity index (χ0) is 18.9. The largest absolute Gasteiger partial charge is 0.337 e. The molecule has 7 heteroatoms. The number of thiophene rings is 1. The third-order valence-electron chi connectivity index (χ3n) is 5.44. The van der Waals surface area contributed by atoms with Crippen molar-refractivity contribution in [3.8, 4) is 0 Å². The fourth-order valence-corrected chi connectivity index (χ4v) is 4.87. The van der Waals surface area contributed by atoms with E-state index in [0.717, 1.165) is 30.3 Å². The van der Waals surface area contributed by atoms with Crippen LogP contribution >= 0.6 is 27.3 Å². The summed E-state index contributed by atoms with van der Waals surface area (Å²) >= 11 is 5.26. The molecule has 3 amide bonds. The van der Waals surface area contributed by atoms with Gasteiger partial charge in [-0.15, -0.1) is 11.3 Å². The van der Waals surface area contributed by atoms with Gasteiger partial charge in [-0.25, -0.2) is 4.79 Å². The zero-order valence-corrected chi connectivity index (χ0v) is 17.4. The van der Waals surface area contributed by atoms with Crippen LogP contribution < -0.4 is 10.6 Å². The van der Waals surface area contributed by atoms with Crippen LogP contribution in [0.25, 0.3) is 0 Å². The number of carbonyl (C=O) groups excluding carboxylic acids is 2. The summed E-state index contributed by atoms with van der Waals surface area (Å²) < 4.78 is 1.05. The van der Waals surface area contributed by atoms with E-state index < -0.39 is 0 Å². The summed E-state index contributed by atoms with van der Waals surface area (Å²) in [5.74, 6) is -0.0323. The summed E-state index contributed by atoms with van der Waals surface area (Å²) in [5, 5.41) is 7.72. The lowest BCUT2D eigenvalue weighted by Gasteiger charge is -2.27. The highest BCUT2D eigenvalue weighted by molar-refractivity contribution is 9.10. The molecule has 1 aromatic carbocycles. The van der Waals surface area contributed by atoms with Gasteiger partial charge in [-0.05, 0) is 54.0 Å². The number of rotatable bonds is 5. The van der Waals surface area contributed by atoms with E-state index in [9.17, 15) is 9.59 Å². The summed E-state index contributed by atoms with van der Waals surface area (Å²) in [4.78, 5) is 27.7. The van der Waals surface area contributed by atoms with E-state index in [1.54, 1.807) is 11.3 Å². The fourth-order valence-electron chi connectivity index (χ4n) is 3.58. The number of urea groups is 1. The van der Waals surface area contributed by atoms with Crippen LogP contribution in [0.5, 0.6) is 0 Å². The second kappa shape index (κ2) is 7.64. The standard InChI is InChI=1S/C20H22BrN3O2S/c21-16-3-1-2-15(10-16)20(6-7-20)13-23-19(26)22-11-18(25)24-8-4-17-14(12-24)5-9-27-17/h1-3,5,9-10H,4,6-8,11-13H2,(H2,22,23,26). The van der Waals surface area contributed by atoms with Gasteiger partial charge in [-0.2, -0.15) is 0 Å². The van der Waals surface area contributed by atoms with Crippen molar-refractivity contribution < 1.29 is 9.59 Å². The normalized spacial score (nSPS) is 17.1. The lowest BCUT2D eigenvalue weighted by Crippen LogP contribution is -2.46. The second-order valence-electron chi connectivity index (χ2n) is 7.26. The van der Waals surface area contributed by atoms with Gasteiger partial charge in [-0.1, -0.05) is 28.1 Å². The van der Waals surface area contributed by atoms with Crippen LogP contribution in [0, 0.1) is 0 Å². The Kier molecular flexibility index (Phi) is 5.23. The van der Waals surface area contributed by atoms with Gasteiger partial charge in [0.1, 0.15) is 0 Å². The van der Waals surface area contributed by atoms with Gasteiger partial charge in [-0.3, -0.25) is 4.79 Å². The molecule has 1 aromatic heterocycles. The Morgan fingerprint density at radius 2 is 2.07 bits per heavy atom. The van der Waals surface area contributed by atoms with E-state index >= 15 is 0 Å². The molecule has 2 aromatic rings. The highest BCUT2D eigenvalue weighted by Gasteiger charge is 2.44. The maximum Gasteiger partial charge on any atom is 0.315 e. The molecule has 142 valence electrons. The van der Waals surface area contributed by atoms with Crippen molar-refractivity contribution >= 4 is 39.2 Å². The smallest absolute Gasteiger partial charge is 0.315 e. The minimum Gasteiger partial charge on any atom is -0.337 e. The van der Waals surface area contributed by atoms with Gasteiger partial charge in [0.15, 0.2) is 0 Å². The number of carbonyl (C=O) groups is 2. The van der Waals surface area contributed by atoms with Gasteiger partial charge in [0, 0.05) is 34.4 Å². The molecule has 1 aliphatic heterocycles. The number of hydrogen-bond acceptors (Lipinski definition) is 3. The molecule has 2 heterocycles. The van der Waals surface area contributed by atoms with Crippen molar-refractivity contribution in [3.63, 3.8) is 0 Å². The summed E-state index contributed by atoms with van der Waals surface area (Å²) in [6.07, 6.45) is 3.04. The molecular formula is C20H22BrN3O2S. The molecule has 5 nitrogen and oxygen atoms in total. The van der Waals surface area contributed by atoms with Gasteiger partial charge in [0.2, 0.25) is 5.91 Å². The Morgan fingerprint density at radius 1 is 1.22 bits per heavy atom. The van der Waals surface area contributed by atoms with Crippen molar-refractivity contribution in [2.24, 2.45) is 0 Å². The quantitative estimate of drug-likeness (QED) is 0.737. The lowest BCUT2D eigenvalue weighted by atomic mass is 9.96. The Bertz CT molecular complexity index is 862. The number of amides is 3. The predicted octanol–water partition coefficient (Wildman–Crippen LogP) is 3.43. The topological polar surface area (TPSA) is 61.4 Å². The molecule has 0 saturated heterocycles. The van der Waals surface area contributed by atoms with Crippen molar-refractivity contribution in [1.82, 2.24) is 15.5 Å². The van der Waals surface area contributed by atoms with Crippen LogP contribution in [-0.4, -0.2) is 36.5 Å². The highest BCUT2D eigenvalue weighted by Crippen LogP contribution is 2.48. The van der Waals surface area contributed by atoms with E-state index in [0.29, 0.717) is 13.1 Å². The van der Waals surface area contributed by atoms with Gasteiger partial charge >= 0.3 is 6.03 Å². The van der Waals surface area contributed by atoms with Crippen LogP contribution in [0.4, 0.5) is 4.79 Å². The summed E-state index contributed by atoms with van der Waals surface area (Å²) in [6, 6.07) is 10.1. The van der Waals surface area contributed by atoms with Gasteiger partial charge in [0.25, 0.3) is 0 Å². The van der Waals surface area contributed by atoms with E-state index in [4.69, 9.17) is 0 Å². The first-order chi connectivity index (χ1) is 13.1. The predicted molar refractivity (Wildman–Crippen MR) is 110 cm³/mol. The molecule has 1 saturated carbocycles. The molecule has 2 aliphatic rings. The molecule has 0 radical (unpaired) electrons. The molecule has 0 unspecified atom stereocenters. The van der Waals surface area contributed by atoms with Crippen molar-refractivity contribution in [3.05, 3.63) is 56.2 Å². The van der Waals surface area contributed by atoms with Crippen molar-refractivity contribution in [1.29, 1.82) is 0 Å². The third kappa shape index (κ3) is 4.19. The molecule has 4 rings (SSSR count). The minimum atomic E-state index is -0.280. The Labute approximate surface area is 171 Å². The average molecular weight is 448 g/mol. The summed E-state index contributed by atoms with van der Waals surface area (Å²) in [6.45, 7) is 2.00. The van der Waals surface area contributed by atoms with Crippen LogP contribution in [-0.2, 0) is 23.2 Å². The Hall–Kier alpha value is -1.86. The third-order valence-corrected chi connectivity index (χ3v) is 6.95. The number of nitrogens with one attached hydrogen (secondary N) is 2. The number of halogens is 1. The first-order valence-electron chi connectivity index (χ1n) is 9.16. The van der Waals surface area contributed by atoms with E-state index in [1.807, 2.05) is 17.0 Å². The minimum absolute atomic E-state index is 0.0323. The second-order valence-corrected chi connectivity index (χ2v) is 9.18. The maximum absolute atomic E-state index is 12.4. The van der Waals surface area contributed by atoms with E-state index in [2.05, 4.69) is 50.1 Å². The molecule has 0 atom stereocenters. The Morgan fingerprint density at radius 3 is 2.85 bits per heavy atom. The molecule has 0 spiro atoms. The molecule has 1 fully saturated rings. The molecule has 27 heavy (non-hydrogen) atoms. The van der Waals surface area contributed by atoms with Gasteiger partial charge in [0.05, 0.1) is 6.54 Å². The van der Waals surface area contributed by atoms with E-state index in [1.165, 1.54) is 16.0 Å². The molecule has 2 N–H and O–H groups in total. The SMILES string of the molecule is O=C(NCC(=O)N1CCc2sccc2C1)NCC1(c2cccc(Br)c2)CC1. The number of nitrogens with zero attached hydrogens (tertiary/aromatic N) is 1. The first-order valence-corrected chi connectivity index (χ1v) is 10.8. The van der Waals surface area contributed by atoms with Crippen LogP contribution in [0.1, 0.15) is 28.8 Å². The van der Waals surface area contributed by atoms with Crippen LogP contribution in [0.3, 0.4) is 0 Å². The number of fused-ring (bicyclic) bond motifs is 1. The molecular weight excluding hydrogens is 426 g/mol. The van der Waals surface area contributed by atoms with Gasteiger partial charge < -0.3 is 15.5 Å². The monoisotopic (exact) mass is 447 g/mol. The first kappa shape index (κ1) is 18.5. The van der Waals surface area contributed by atoms with Crippen molar-refractivity contribution in [2.75, 3.05) is 19.6 Å². The lowest BCUT2D eigenvalue weighted by molar-refractivity contribution is -0.130. The highest BCUT2D eigenvalue weighted by atomic mass is 79.9. The van der Waals surface area contributed by atoms with Crippen LogP contribution in [0.2, 0.25) is 0 Å². The average Bonchev–Trinajstić information content (AvgIpc) is 3.33. The zero-order valence-electron chi connectivity index (χ0n) is 15.0. The summed E-state index contributed by atoms with van der Waals surface area (Å²) in [7, 11) is 0. The number of hydrogen-bond donors (Lipinski definition) is 2. The number of benzene rings is 1.